The summed E-state index contributed by atoms with van der Waals surface area (Å²) in [5.74, 6) is 0.599. The molecule has 0 saturated carbocycles. The average molecular weight is 240 g/mol. The van der Waals surface area contributed by atoms with Gasteiger partial charge in [0, 0.05) is 13.1 Å². The molecule has 96 valence electrons. The van der Waals surface area contributed by atoms with Crippen LogP contribution in [0.25, 0.3) is 0 Å². The zero-order valence-corrected chi connectivity index (χ0v) is 10.4. The quantitative estimate of drug-likeness (QED) is 0.807. The first-order valence-corrected chi connectivity index (χ1v) is 6.20. The van der Waals surface area contributed by atoms with Crippen LogP contribution in [0, 0.1) is 0 Å². The molecule has 0 radical (unpaired) electrons. The summed E-state index contributed by atoms with van der Waals surface area (Å²) < 4.78 is 5.62. The van der Waals surface area contributed by atoms with Crippen molar-refractivity contribution < 1.29 is 9.52 Å². The van der Waals surface area contributed by atoms with Crippen LogP contribution in [0.2, 0.25) is 0 Å². The maximum Gasteiger partial charge on any atom is 0.318 e. The summed E-state index contributed by atoms with van der Waals surface area (Å²) in [7, 11) is 0. The lowest BCUT2D eigenvalue weighted by Gasteiger charge is -2.28. The lowest BCUT2D eigenvalue weighted by atomic mass is 10.1. The maximum atomic E-state index is 9.60. The average Bonchev–Trinajstić information content (AvgIpc) is 2.78. The summed E-state index contributed by atoms with van der Waals surface area (Å²) in [4.78, 5) is 1.95. The fourth-order valence-electron chi connectivity index (χ4n) is 2.05. The molecule has 6 heteroatoms. The van der Waals surface area contributed by atoms with Crippen LogP contribution in [0.3, 0.4) is 0 Å². The second-order valence-corrected chi connectivity index (χ2v) is 4.44. The number of aliphatic hydroxyl groups is 1. The molecule has 1 aliphatic rings. The van der Waals surface area contributed by atoms with Crippen molar-refractivity contribution in [1.29, 1.82) is 0 Å². The van der Waals surface area contributed by atoms with Gasteiger partial charge >= 0.3 is 6.01 Å². The van der Waals surface area contributed by atoms with Gasteiger partial charge in [0.1, 0.15) is 0 Å². The van der Waals surface area contributed by atoms with Crippen LogP contribution in [0.5, 0.6) is 0 Å². The molecule has 2 N–H and O–H groups in total. The summed E-state index contributed by atoms with van der Waals surface area (Å²) >= 11 is 0. The molecule has 1 fully saturated rings. The molecule has 17 heavy (non-hydrogen) atoms. The summed E-state index contributed by atoms with van der Waals surface area (Å²) in [5, 5.41) is 20.9. The largest absolute Gasteiger partial charge is 0.406 e. The molecule has 1 aromatic rings. The Kier molecular flexibility index (Phi) is 3.96. The van der Waals surface area contributed by atoms with Crippen LogP contribution < -0.4 is 10.2 Å². The van der Waals surface area contributed by atoms with Crippen LogP contribution >= 0.6 is 0 Å². The Hall–Kier alpha value is -1.14. The molecular weight excluding hydrogens is 220 g/mol. The van der Waals surface area contributed by atoms with E-state index in [1.54, 1.807) is 0 Å². The van der Waals surface area contributed by atoms with Gasteiger partial charge in [0.2, 0.25) is 5.89 Å². The highest BCUT2D eigenvalue weighted by atomic mass is 16.4. The van der Waals surface area contributed by atoms with Gasteiger partial charge in [-0.3, -0.25) is 0 Å². The van der Waals surface area contributed by atoms with Crippen molar-refractivity contribution in [3.63, 3.8) is 0 Å². The van der Waals surface area contributed by atoms with Crippen molar-refractivity contribution >= 4 is 6.01 Å². The second-order valence-electron chi connectivity index (χ2n) is 4.44. The molecule has 0 spiro atoms. The molecule has 2 unspecified atom stereocenters. The van der Waals surface area contributed by atoms with Crippen molar-refractivity contribution in [3.05, 3.63) is 5.89 Å². The number of rotatable bonds is 4. The molecule has 2 heterocycles. The number of aromatic nitrogens is 2. The fourth-order valence-corrected chi connectivity index (χ4v) is 2.05. The molecule has 2 atom stereocenters. The molecule has 6 nitrogen and oxygen atoms in total. The Morgan fingerprint density at radius 1 is 1.59 bits per heavy atom. The van der Waals surface area contributed by atoms with Crippen molar-refractivity contribution in [2.45, 2.75) is 38.8 Å². The molecule has 1 aliphatic heterocycles. The highest BCUT2D eigenvalue weighted by Crippen LogP contribution is 2.20. The first-order valence-electron chi connectivity index (χ1n) is 6.20. The molecule has 0 aromatic carbocycles. The van der Waals surface area contributed by atoms with Crippen LogP contribution in [-0.4, -0.2) is 41.0 Å². The van der Waals surface area contributed by atoms with Crippen molar-refractivity contribution in [1.82, 2.24) is 15.5 Å². The van der Waals surface area contributed by atoms with Crippen LogP contribution in [-0.2, 0) is 0 Å². The smallest absolute Gasteiger partial charge is 0.318 e. The van der Waals surface area contributed by atoms with Gasteiger partial charge in [-0.15, -0.1) is 5.10 Å². The van der Waals surface area contributed by atoms with Crippen molar-refractivity contribution in [3.8, 4) is 0 Å². The standard InChI is InChI=1S/C11H20N4O2/c1-3-12-8(2)10-13-14-11(17-10)15-6-4-5-9(16)7-15/h8-9,12,16H,3-7H2,1-2H3. The van der Waals surface area contributed by atoms with E-state index >= 15 is 0 Å². The second kappa shape index (κ2) is 5.46. The number of piperidine rings is 1. The van der Waals surface area contributed by atoms with Gasteiger partial charge in [-0.25, -0.2) is 0 Å². The highest BCUT2D eigenvalue weighted by Gasteiger charge is 2.23. The van der Waals surface area contributed by atoms with E-state index in [1.807, 2.05) is 18.7 Å². The summed E-state index contributed by atoms with van der Waals surface area (Å²) in [6.45, 7) is 6.34. The molecule has 0 amide bonds. The minimum absolute atomic E-state index is 0.0657. The number of aliphatic hydroxyl groups excluding tert-OH is 1. The van der Waals surface area contributed by atoms with E-state index in [-0.39, 0.29) is 12.1 Å². The van der Waals surface area contributed by atoms with E-state index in [0.29, 0.717) is 18.5 Å². The van der Waals surface area contributed by atoms with Gasteiger partial charge in [-0.05, 0) is 26.3 Å². The fraction of sp³-hybridized carbons (Fsp3) is 0.818. The number of nitrogens with zero attached hydrogens (tertiary/aromatic N) is 3. The zero-order valence-electron chi connectivity index (χ0n) is 10.4. The van der Waals surface area contributed by atoms with Gasteiger partial charge in [0.15, 0.2) is 0 Å². The molecule has 2 rings (SSSR count). The highest BCUT2D eigenvalue weighted by molar-refractivity contribution is 5.25. The topological polar surface area (TPSA) is 74.4 Å². The molecular formula is C11H20N4O2. The lowest BCUT2D eigenvalue weighted by molar-refractivity contribution is 0.151. The number of hydrogen-bond donors (Lipinski definition) is 2. The Balaban J connectivity index is 2.02. The maximum absolute atomic E-state index is 9.60. The monoisotopic (exact) mass is 240 g/mol. The van der Waals surface area contributed by atoms with E-state index in [2.05, 4.69) is 15.5 Å². The first kappa shape index (κ1) is 12.3. The van der Waals surface area contributed by atoms with Gasteiger partial charge in [0.25, 0.3) is 0 Å². The van der Waals surface area contributed by atoms with Crippen LogP contribution in [0.1, 0.15) is 38.6 Å². The van der Waals surface area contributed by atoms with Crippen LogP contribution in [0.4, 0.5) is 6.01 Å². The normalized spacial score (nSPS) is 22.8. The minimum Gasteiger partial charge on any atom is -0.406 e. The van der Waals surface area contributed by atoms with E-state index < -0.39 is 0 Å². The Labute approximate surface area is 101 Å². The van der Waals surface area contributed by atoms with E-state index in [9.17, 15) is 5.11 Å². The number of hydrogen-bond acceptors (Lipinski definition) is 6. The Morgan fingerprint density at radius 3 is 3.12 bits per heavy atom. The number of β-amino-alcohol motifs (C(OH)–C–C–N with tert-alkyl or cyclic N) is 1. The Bertz CT molecular complexity index is 355. The van der Waals surface area contributed by atoms with E-state index in [0.717, 1.165) is 25.9 Å². The third-order valence-electron chi connectivity index (χ3n) is 2.98. The molecule has 0 bridgehead atoms. The van der Waals surface area contributed by atoms with Crippen LogP contribution in [0.15, 0.2) is 4.42 Å². The third kappa shape index (κ3) is 2.95. The lowest BCUT2D eigenvalue weighted by Crippen LogP contribution is -2.38. The first-order chi connectivity index (χ1) is 8.20. The third-order valence-corrected chi connectivity index (χ3v) is 2.98. The summed E-state index contributed by atoms with van der Waals surface area (Å²) in [6, 6.07) is 0.583. The Morgan fingerprint density at radius 2 is 2.41 bits per heavy atom. The van der Waals surface area contributed by atoms with Crippen molar-refractivity contribution in [2.24, 2.45) is 0 Å². The summed E-state index contributed by atoms with van der Waals surface area (Å²) in [6.07, 6.45) is 1.53. The van der Waals surface area contributed by atoms with Crippen molar-refractivity contribution in [2.75, 3.05) is 24.5 Å². The summed E-state index contributed by atoms with van der Waals surface area (Å²) in [5.41, 5.74) is 0. The van der Waals surface area contributed by atoms with E-state index in [1.165, 1.54) is 0 Å². The molecule has 1 saturated heterocycles. The number of anilines is 1. The van der Waals surface area contributed by atoms with Gasteiger partial charge in [-0.2, -0.15) is 0 Å². The predicted molar refractivity (Wildman–Crippen MR) is 63.8 cm³/mol. The van der Waals surface area contributed by atoms with Gasteiger partial charge < -0.3 is 19.7 Å². The van der Waals surface area contributed by atoms with Gasteiger partial charge in [-0.1, -0.05) is 12.0 Å². The SMILES string of the molecule is CCNC(C)c1nnc(N2CCCC(O)C2)o1. The minimum atomic E-state index is -0.287. The number of nitrogens with one attached hydrogen (secondary N) is 1. The predicted octanol–water partition coefficient (Wildman–Crippen LogP) is 0.701. The molecule has 1 aromatic heterocycles. The van der Waals surface area contributed by atoms with E-state index in [4.69, 9.17) is 4.42 Å². The van der Waals surface area contributed by atoms with Gasteiger partial charge in [0.05, 0.1) is 12.1 Å². The molecule has 0 aliphatic carbocycles. The zero-order chi connectivity index (χ0) is 12.3.